The van der Waals surface area contributed by atoms with E-state index in [1.165, 1.54) is 4.90 Å². The van der Waals surface area contributed by atoms with E-state index in [-0.39, 0.29) is 25.0 Å². The summed E-state index contributed by atoms with van der Waals surface area (Å²) in [6, 6.07) is 19.8. The first kappa shape index (κ1) is 32.9. The molecule has 0 radical (unpaired) electrons. The molecule has 0 fully saturated rings. The van der Waals surface area contributed by atoms with Crippen LogP contribution >= 0.6 is 0 Å². The molecule has 0 aliphatic rings. The van der Waals surface area contributed by atoms with Gasteiger partial charge in [0.2, 0.25) is 5.91 Å². The number of methoxy groups -OCH3 is 2. The number of hydrogen-bond donors (Lipinski definition) is 2. The zero-order valence-corrected chi connectivity index (χ0v) is 26.6. The van der Waals surface area contributed by atoms with Gasteiger partial charge in [0.15, 0.2) is 11.5 Å². The lowest BCUT2D eigenvalue weighted by atomic mass is 10.1. The number of rotatable bonds is 14. The van der Waals surface area contributed by atoms with Crippen LogP contribution in [0, 0.1) is 5.92 Å². The van der Waals surface area contributed by atoms with Gasteiger partial charge in [-0.2, -0.15) is 0 Å². The Morgan fingerprint density at radius 2 is 1.64 bits per heavy atom. The topological polar surface area (TPSA) is 113 Å². The molecule has 45 heavy (non-hydrogen) atoms. The molecule has 10 nitrogen and oxygen atoms in total. The van der Waals surface area contributed by atoms with Crippen LogP contribution in [-0.2, 0) is 22.5 Å². The van der Waals surface area contributed by atoms with Crippen LogP contribution in [0.3, 0.4) is 0 Å². The van der Waals surface area contributed by atoms with Gasteiger partial charge in [-0.3, -0.25) is 4.79 Å². The standard InChI is InChI=1S/C35H42N4O6/c1-6-45-34(41)26-12-14-28(15-13-26)37-35(42)39(21-24(2)3)23-33(40)38(22-25-11-16-31(43-4)32(19-25)44-5)18-17-27-20-36-30-10-8-7-9-29(27)30/h7-16,19-20,24,36H,6,17-18,21-23H2,1-5H3,(H,37,42). The smallest absolute Gasteiger partial charge is 0.338 e. The lowest BCUT2D eigenvalue weighted by Gasteiger charge is -2.29. The van der Waals surface area contributed by atoms with Gasteiger partial charge in [-0.25, -0.2) is 9.59 Å². The maximum atomic E-state index is 14.0. The third-order valence-electron chi connectivity index (χ3n) is 7.35. The average molecular weight is 615 g/mol. The number of H-pyrrole nitrogens is 1. The zero-order valence-electron chi connectivity index (χ0n) is 26.6. The summed E-state index contributed by atoms with van der Waals surface area (Å²) in [7, 11) is 3.16. The number of esters is 1. The molecular weight excluding hydrogens is 572 g/mol. The predicted octanol–water partition coefficient (Wildman–Crippen LogP) is 6.12. The van der Waals surface area contributed by atoms with Crippen molar-refractivity contribution in [3.63, 3.8) is 0 Å². The van der Waals surface area contributed by atoms with E-state index >= 15 is 0 Å². The van der Waals surface area contributed by atoms with Crippen LogP contribution in [0.25, 0.3) is 10.9 Å². The van der Waals surface area contributed by atoms with Crippen molar-refractivity contribution >= 4 is 34.5 Å². The molecule has 2 N–H and O–H groups in total. The number of amides is 3. The van der Waals surface area contributed by atoms with Crippen LogP contribution < -0.4 is 14.8 Å². The largest absolute Gasteiger partial charge is 0.493 e. The number of aromatic nitrogens is 1. The summed E-state index contributed by atoms with van der Waals surface area (Å²) in [4.78, 5) is 46.0. The van der Waals surface area contributed by atoms with Gasteiger partial charge in [-0.1, -0.05) is 38.1 Å². The highest BCUT2D eigenvalue weighted by Gasteiger charge is 2.23. The fraction of sp³-hybridized carbons (Fsp3) is 0.343. The van der Waals surface area contributed by atoms with Crippen LogP contribution in [-0.4, -0.2) is 73.2 Å². The van der Waals surface area contributed by atoms with Gasteiger partial charge < -0.3 is 34.3 Å². The van der Waals surface area contributed by atoms with E-state index in [1.54, 1.807) is 50.3 Å². The maximum absolute atomic E-state index is 14.0. The van der Waals surface area contributed by atoms with Crippen molar-refractivity contribution in [1.29, 1.82) is 0 Å². The molecule has 0 saturated carbocycles. The predicted molar refractivity (Wildman–Crippen MR) is 175 cm³/mol. The van der Waals surface area contributed by atoms with Gasteiger partial charge in [0.1, 0.15) is 6.54 Å². The number of nitrogens with zero attached hydrogens (tertiary/aromatic N) is 2. The van der Waals surface area contributed by atoms with Crippen LogP contribution in [0.4, 0.5) is 10.5 Å². The fourth-order valence-corrected chi connectivity index (χ4v) is 5.12. The molecule has 0 bridgehead atoms. The van der Waals surface area contributed by atoms with E-state index in [0.717, 1.165) is 22.0 Å². The molecule has 1 heterocycles. The highest BCUT2D eigenvalue weighted by Crippen LogP contribution is 2.28. The number of nitrogens with one attached hydrogen (secondary N) is 2. The number of benzene rings is 3. The minimum absolute atomic E-state index is 0.105. The molecule has 3 amide bonds. The molecule has 0 aliphatic heterocycles. The Hall–Kier alpha value is -4.99. The van der Waals surface area contributed by atoms with Gasteiger partial charge in [-0.05, 0) is 72.9 Å². The summed E-state index contributed by atoms with van der Waals surface area (Å²) in [5, 5.41) is 3.99. The molecular formula is C35H42N4O6. The third kappa shape index (κ3) is 8.78. The second-order valence-electron chi connectivity index (χ2n) is 11.1. The average Bonchev–Trinajstić information content (AvgIpc) is 3.45. The lowest BCUT2D eigenvalue weighted by Crippen LogP contribution is -2.46. The molecule has 0 saturated heterocycles. The SMILES string of the molecule is CCOC(=O)c1ccc(NC(=O)N(CC(=O)N(CCc2c[nH]c3ccccc23)Cc2ccc(OC)c(OC)c2)CC(C)C)cc1. The normalized spacial score (nSPS) is 10.9. The van der Waals surface area contributed by atoms with Crippen LogP contribution in [0.15, 0.2) is 72.9 Å². The summed E-state index contributed by atoms with van der Waals surface area (Å²) in [6.45, 7) is 7.07. The van der Waals surface area contributed by atoms with Gasteiger partial charge in [0.05, 0.1) is 26.4 Å². The number of fused-ring (bicyclic) bond motifs is 1. The second kappa shape index (κ2) is 15.7. The van der Waals surface area contributed by atoms with Crippen LogP contribution in [0.5, 0.6) is 11.5 Å². The fourth-order valence-electron chi connectivity index (χ4n) is 5.12. The van der Waals surface area contributed by atoms with E-state index in [0.29, 0.717) is 48.8 Å². The van der Waals surface area contributed by atoms with E-state index in [1.807, 2.05) is 56.4 Å². The molecule has 10 heteroatoms. The first-order valence-electron chi connectivity index (χ1n) is 15.1. The monoisotopic (exact) mass is 614 g/mol. The number of anilines is 1. The van der Waals surface area contributed by atoms with Gasteiger partial charge in [0.25, 0.3) is 0 Å². The molecule has 0 spiro atoms. The van der Waals surface area contributed by atoms with Crippen molar-refractivity contribution in [2.75, 3.05) is 45.8 Å². The van der Waals surface area contributed by atoms with E-state index in [4.69, 9.17) is 14.2 Å². The van der Waals surface area contributed by atoms with Crippen molar-refractivity contribution in [2.24, 2.45) is 5.92 Å². The van der Waals surface area contributed by atoms with Crippen molar-refractivity contribution in [3.05, 3.63) is 89.6 Å². The number of carbonyl (C=O) groups is 3. The number of carbonyl (C=O) groups excluding carboxylic acids is 3. The first-order valence-corrected chi connectivity index (χ1v) is 15.1. The Morgan fingerprint density at radius 1 is 0.911 bits per heavy atom. The molecule has 3 aromatic carbocycles. The minimum Gasteiger partial charge on any atom is -0.493 e. The van der Waals surface area contributed by atoms with E-state index in [9.17, 15) is 14.4 Å². The Bertz CT molecular complexity index is 1600. The Labute approximate surface area is 264 Å². The molecule has 0 aliphatic carbocycles. The lowest BCUT2D eigenvalue weighted by molar-refractivity contribution is -0.132. The van der Waals surface area contributed by atoms with Crippen molar-refractivity contribution in [3.8, 4) is 11.5 Å². The summed E-state index contributed by atoms with van der Waals surface area (Å²) < 4.78 is 15.9. The molecule has 238 valence electrons. The summed E-state index contributed by atoms with van der Waals surface area (Å²) in [5.74, 6) is 0.699. The Balaban J connectivity index is 1.53. The van der Waals surface area contributed by atoms with E-state index < -0.39 is 12.0 Å². The highest BCUT2D eigenvalue weighted by atomic mass is 16.5. The number of ether oxygens (including phenoxy) is 3. The quantitative estimate of drug-likeness (QED) is 0.166. The van der Waals surface area contributed by atoms with Crippen LogP contribution in [0.1, 0.15) is 42.3 Å². The zero-order chi connectivity index (χ0) is 32.3. The molecule has 4 aromatic rings. The van der Waals surface area contributed by atoms with E-state index in [2.05, 4.69) is 16.4 Å². The summed E-state index contributed by atoms with van der Waals surface area (Å²) >= 11 is 0. The number of hydrogen-bond acceptors (Lipinski definition) is 6. The van der Waals surface area contributed by atoms with Gasteiger partial charge in [-0.15, -0.1) is 0 Å². The second-order valence-corrected chi connectivity index (χ2v) is 11.1. The summed E-state index contributed by atoms with van der Waals surface area (Å²) in [6.07, 6.45) is 2.61. The van der Waals surface area contributed by atoms with Crippen molar-refractivity contribution in [2.45, 2.75) is 33.7 Å². The Kier molecular flexibility index (Phi) is 11.4. The Morgan fingerprint density at radius 3 is 2.33 bits per heavy atom. The molecule has 0 atom stereocenters. The van der Waals surface area contributed by atoms with Gasteiger partial charge >= 0.3 is 12.0 Å². The molecule has 0 unspecified atom stereocenters. The van der Waals surface area contributed by atoms with Gasteiger partial charge in [0, 0.05) is 42.4 Å². The van der Waals surface area contributed by atoms with Crippen molar-refractivity contribution in [1.82, 2.24) is 14.8 Å². The number of aromatic amines is 1. The minimum atomic E-state index is -0.426. The van der Waals surface area contributed by atoms with Crippen LogP contribution in [0.2, 0.25) is 0 Å². The summed E-state index contributed by atoms with van der Waals surface area (Å²) in [5.41, 5.74) is 3.93. The number of para-hydroxylation sites is 1. The maximum Gasteiger partial charge on any atom is 0.338 e. The first-order chi connectivity index (χ1) is 21.7. The van der Waals surface area contributed by atoms with Crippen molar-refractivity contribution < 1.29 is 28.6 Å². The highest BCUT2D eigenvalue weighted by molar-refractivity contribution is 5.94. The molecule has 1 aromatic heterocycles. The third-order valence-corrected chi connectivity index (χ3v) is 7.35. The number of urea groups is 1. The molecule has 4 rings (SSSR count).